The molecule has 0 unspecified atom stereocenters. The molecule has 1 N–H and O–H groups in total. The maximum absolute atomic E-state index is 12.8. The number of aromatic nitrogens is 2. The van der Waals surface area contributed by atoms with Crippen LogP contribution in [0.5, 0.6) is 0 Å². The van der Waals surface area contributed by atoms with Crippen LogP contribution in [0.15, 0.2) is 35.1 Å². The average Bonchev–Trinajstić information content (AvgIpc) is 3.04. The van der Waals surface area contributed by atoms with Crippen molar-refractivity contribution in [2.75, 3.05) is 7.05 Å². The highest BCUT2D eigenvalue weighted by atomic mass is 32.1. The largest absolute Gasteiger partial charge is 0.334 e. The molecule has 4 rings (SSSR count). The number of carbonyl (C=O) groups is 1. The third kappa shape index (κ3) is 3.17. The number of para-hydroxylation sites is 1. The van der Waals surface area contributed by atoms with Gasteiger partial charge in [-0.05, 0) is 48.9 Å². The first-order chi connectivity index (χ1) is 12.5. The summed E-state index contributed by atoms with van der Waals surface area (Å²) >= 11 is 1.61. The standard InChI is InChI=1S/C20H21N3O2S/c1-12-7-8-16-13(9-12)10-17(26-16)20(25)23(2)11-18-21-15-6-4-3-5-14(15)19(24)22-18/h3-6,10,12H,7-9,11H2,1-2H3,(H,21,22,24)/t12-/m0/s1. The minimum absolute atomic E-state index is 0.0205. The Hall–Kier alpha value is -2.47. The second-order valence-electron chi connectivity index (χ2n) is 7.10. The van der Waals surface area contributed by atoms with Gasteiger partial charge in [-0.25, -0.2) is 4.98 Å². The van der Waals surface area contributed by atoms with Gasteiger partial charge in [-0.3, -0.25) is 9.59 Å². The average molecular weight is 367 g/mol. The van der Waals surface area contributed by atoms with E-state index in [-0.39, 0.29) is 18.0 Å². The molecule has 1 aliphatic carbocycles. The van der Waals surface area contributed by atoms with Crippen LogP contribution in [0.25, 0.3) is 10.9 Å². The normalized spacial score (nSPS) is 16.5. The number of nitrogens with one attached hydrogen (secondary N) is 1. The monoisotopic (exact) mass is 367 g/mol. The number of hydrogen-bond donors (Lipinski definition) is 1. The predicted octanol–water partition coefficient (Wildman–Crippen LogP) is 3.38. The van der Waals surface area contributed by atoms with Crippen LogP contribution in [0, 0.1) is 5.92 Å². The lowest BCUT2D eigenvalue weighted by Gasteiger charge is -2.16. The number of fused-ring (bicyclic) bond motifs is 2. The molecule has 1 atom stereocenters. The van der Waals surface area contributed by atoms with Gasteiger partial charge in [0, 0.05) is 11.9 Å². The molecule has 26 heavy (non-hydrogen) atoms. The molecule has 1 amide bonds. The zero-order chi connectivity index (χ0) is 18.3. The van der Waals surface area contributed by atoms with Crippen LogP contribution in [-0.4, -0.2) is 27.8 Å². The van der Waals surface area contributed by atoms with Gasteiger partial charge in [-0.1, -0.05) is 19.1 Å². The maximum Gasteiger partial charge on any atom is 0.264 e. The fourth-order valence-corrected chi connectivity index (χ4v) is 4.71. The summed E-state index contributed by atoms with van der Waals surface area (Å²) in [7, 11) is 1.75. The van der Waals surface area contributed by atoms with Crippen LogP contribution in [0.2, 0.25) is 0 Å². The Morgan fingerprint density at radius 2 is 2.19 bits per heavy atom. The molecule has 0 saturated carbocycles. The molecule has 1 aromatic carbocycles. The van der Waals surface area contributed by atoms with Crippen molar-refractivity contribution in [2.45, 2.75) is 32.7 Å². The lowest BCUT2D eigenvalue weighted by molar-refractivity contribution is 0.0786. The highest BCUT2D eigenvalue weighted by molar-refractivity contribution is 7.14. The van der Waals surface area contributed by atoms with E-state index in [0.29, 0.717) is 22.6 Å². The minimum atomic E-state index is -0.174. The van der Waals surface area contributed by atoms with Gasteiger partial charge >= 0.3 is 0 Å². The summed E-state index contributed by atoms with van der Waals surface area (Å²) in [5.74, 6) is 1.16. The van der Waals surface area contributed by atoms with Crippen molar-refractivity contribution in [3.05, 3.63) is 61.8 Å². The van der Waals surface area contributed by atoms with Crippen molar-refractivity contribution in [1.29, 1.82) is 0 Å². The third-order valence-corrected chi connectivity index (χ3v) is 6.16. The number of rotatable bonds is 3. The van der Waals surface area contributed by atoms with Gasteiger partial charge in [0.05, 0.1) is 22.3 Å². The topological polar surface area (TPSA) is 66.1 Å². The van der Waals surface area contributed by atoms with Crippen molar-refractivity contribution < 1.29 is 4.79 Å². The van der Waals surface area contributed by atoms with Gasteiger partial charge < -0.3 is 9.88 Å². The van der Waals surface area contributed by atoms with E-state index in [9.17, 15) is 9.59 Å². The van der Waals surface area contributed by atoms with Crippen molar-refractivity contribution in [3.8, 4) is 0 Å². The third-order valence-electron chi connectivity index (χ3n) is 4.94. The summed E-state index contributed by atoms with van der Waals surface area (Å²) in [6, 6.07) is 9.27. The highest BCUT2D eigenvalue weighted by Crippen LogP contribution is 2.32. The molecule has 134 valence electrons. The number of thiophene rings is 1. The van der Waals surface area contributed by atoms with Crippen molar-refractivity contribution >= 4 is 28.1 Å². The summed E-state index contributed by atoms with van der Waals surface area (Å²) in [5.41, 5.74) is 1.79. The van der Waals surface area contributed by atoms with E-state index in [0.717, 1.165) is 17.7 Å². The van der Waals surface area contributed by atoms with Crippen molar-refractivity contribution in [2.24, 2.45) is 5.92 Å². The van der Waals surface area contributed by atoms with Crippen molar-refractivity contribution in [3.63, 3.8) is 0 Å². The molecule has 0 radical (unpaired) electrons. The van der Waals surface area contributed by atoms with Crippen molar-refractivity contribution in [1.82, 2.24) is 14.9 Å². The van der Waals surface area contributed by atoms with Crippen LogP contribution < -0.4 is 5.56 Å². The number of carbonyl (C=O) groups excluding carboxylic acids is 1. The molecular weight excluding hydrogens is 346 g/mol. The van der Waals surface area contributed by atoms with E-state index in [1.54, 1.807) is 29.4 Å². The number of H-pyrrole nitrogens is 1. The highest BCUT2D eigenvalue weighted by Gasteiger charge is 2.22. The molecule has 0 aliphatic heterocycles. The SMILES string of the molecule is C[C@H]1CCc2sc(C(=O)N(C)Cc3nc4ccccc4c(=O)[nH]3)cc2C1. The molecule has 5 nitrogen and oxygen atoms in total. The summed E-state index contributed by atoms with van der Waals surface area (Å²) in [4.78, 5) is 36.0. The van der Waals surface area contributed by atoms with E-state index >= 15 is 0 Å². The van der Waals surface area contributed by atoms with Gasteiger partial charge in [0.25, 0.3) is 11.5 Å². The number of benzene rings is 1. The molecular formula is C20H21N3O2S. The lowest BCUT2D eigenvalue weighted by atomic mass is 9.90. The van der Waals surface area contributed by atoms with Crippen LogP contribution in [0.1, 0.15) is 39.3 Å². The molecule has 2 aromatic heterocycles. The molecule has 0 fully saturated rings. The quantitative estimate of drug-likeness (QED) is 0.772. The minimum Gasteiger partial charge on any atom is -0.334 e. The first kappa shape index (κ1) is 17.0. The maximum atomic E-state index is 12.8. The smallest absolute Gasteiger partial charge is 0.264 e. The Morgan fingerprint density at radius 3 is 3.04 bits per heavy atom. The summed E-state index contributed by atoms with van der Waals surface area (Å²) < 4.78 is 0. The number of aromatic amines is 1. The van der Waals surface area contributed by atoms with Gasteiger partial charge in [0.15, 0.2) is 0 Å². The van der Waals surface area contributed by atoms with Gasteiger partial charge in [0.2, 0.25) is 0 Å². The summed E-state index contributed by atoms with van der Waals surface area (Å²) in [6.45, 7) is 2.54. The number of aryl methyl sites for hydroxylation is 1. The van der Waals surface area contributed by atoms with Gasteiger partial charge in [-0.2, -0.15) is 0 Å². The Morgan fingerprint density at radius 1 is 1.38 bits per heavy atom. The molecule has 0 bridgehead atoms. The van der Waals surface area contributed by atoms with Crippen LogP contribution in [-0.2, 0) is 19.4 Å². The zero-order valence-corrected chi connectivity index (χ0v) is 15.7. The van der Waals surface area contributed by atoms with E-state index in [2.05, 4.69) is 16.9 Å². The molecule has 1 aliphatic rings. The van der Waals surface area contributed by atoms with E-state index in [1.165, 1.54) is 16.9 Å². The molecule has 0 saturated heterocycles. The molecule has 2 heterocycles. The predicted molar refractivity (Wildman–Crippen MR) is 104 cm³/mol. The Bertz CT molecular complexity index is 1040. The first-order valence-corrected chi connectivity index (χ1v) is 9.68. The van der Waals surface area contributed by atoms with E-state index in [4.69, 9.17) is 0 Å². The van der Waals surface area contributed by atoms with E-state index in [1.807, 2.05) is 24.3 Å². The van der Waals surface area contributed by atoms with Gasteiger partial charge in [-0.15, -0.1) is 11.3 Å². The lowest BCUT2D eigenvalue weighted by Crippen LogP contribution is -2.27. The Labute approximate surface area is 155 Å². The van der Waals surface area contributed by atoms with E-state index < -0.39 is 0 Å². The Kier molecular flexibility index (Phi) is 4.36. The molecule has 6 heteroatoms. The second kappa shape index (κ2) is 6.68. The molecule has 0 spiro atoms. The fraction of sp³-hybridized carbons (Fsp3) is 0.350. The fourth-order valence-electron chi connectivity index (χ4n) is 3.51. The number of nitrogens with zero attached hydrogens (tertiary/aromatic N) is 2. The number of amides is 1. The summed E-state index contributed by atoms with van der Waals surface area (Å²) in [5, 5.41) is 0.560. The second-order valence-corrected chi connectivity index (χ2v) is 8.23. The zero-order valence-electron chi connectivity index (χ0n) is 14.9. The van der Waals surface area contributed by atoms with Crippen LogP contribution >= 0.6 is 11.3 Å². The summed E-state index contributed by atoms with van der Waals surface area (Å²) in [6.07, 6.45) is 3.32. The Balaban J connectivity index is 1.56. The number of hydrogen-bond acceptors (Lipinski definition) is 4. The van der Waals surface area contributed by atoms with Crippen LogP contribution in [0.4, 0.5) is 0 Å². The van der Waals surface area contributed by atoms with Crippen LogP contribution in [0.3, 0.4) is 0 Å². The van der Waals surface area contributed by atoms with Gasteiger partial charge in [0.1, 0.15) is 5.82 Å². The molecule has 3 aromatic rings. The first-order valence-electron chi connectivity index (χ1n) is 8.86.